The molecule has 0 aromatic heterocycles. The monoisotopic (exact) mass is 285 g/mol. The number of nitrogens with one attached hydrogen (secondary N) is 1. The number of hydrogen-bond donors (Lipinski definition) is 1. The summed E-state index contributed by atoms with van der Waals surface area (Å²) in [6, 6.07) is 9.84. The van der Waals surface area contributed by atoms with Gasteiger partial charge in [0, 0.05) is 6.04 Å². The van der Waals surface area contributed by atoms with Crippen molar-refractivity contribution in [3.63, 3.8) is 0 Å². The fraction of sp³-hybridized carbons (Fsp3) is 0.700. The molecule has 0 amide bonds. The quantitative estimate of drug-likeness (QED) is 0.843. The van der Waals surface area contributed by atoms with Crippen LogP contribution in [0.2, 0.25) is 0 Å². The molecule has 1 fully saturated rings. The van der Waals surface area contributed by atoms with Gasteiger partial charge in [-0.05, 0) is 74.0 Å². The van der Waals surface area contributed by atoms with Crippen molar-refractivity contribution >= 4 is 0 Å². The zero-order valence-corrected chi connectivity index (χ0v) is 13.9. The fourth-order valence-corrected chi connectivity index (χ4v) is 4.85. The summed E-state index contributed by atoms with van der Waals surface area (Å²) in [6.07, 6.45) is 8.24. The van der Waals surface area contributed by atoms with Crippen LogP contribution in [0.3, 0.4) is 0 Å². The Labute approximate surface area is 130 Å². The number of hydrogen-bond acceptors (Lipinski definition) is 1. The topological polar surface area (TPSA) is 12.0 Å². The summed E-state index contributed by atoms with van der Waals surface area (Å²) in [5.41, 5.74) is 3.24. The van der Waals surface area contributed by atoms with E-state index in [4.69, 9.17) is 0 Å². The summed E-state index contributed by atoms with van der Waals surface area (Å²) in [6.45, 7) is 4.89. The minimum Gasteiger partial charge on any atom is -0.316 e. The fourth-order valence-electron chi connectivity index (χ4n) is 4.85. The molecule has 1 nitrogen and oxygen atoms in total. The maximum Gasteiger partial charge on any atom is 0.0161 e. The van der Waals surface area contributed by atoms with Crippen molar-refractivity contribution in [1.82, 2.24) is 5.32 Å². The van der Waals surface area contributed by atoms with Gasteiger partial charge in [-0.3, -0.25) is 0 Å². The van der Waals surface area contributed by atoms with Gasteiger partial charge in [0.25, 0.3) is 0 Å². The molecule has 21 heavy (non-hydrogen) atoms. The van der Waals surface area contributed by atoms with Crippen LogP contribution in [0.15, 0.2) is 24.3 Å². The molecule has 0 heterocycles. The van der Waals surface area contributed by atoms with Gasteiger partial charge in [-0.25, -0.2) is 0 Å². The van der Waals surface area contributed by atoms with Crippen LogP contribution in [0.25, 0.3) is 0 Å². The predicted octanol–water partition coefficient (Wildman–Crippen LogP) is 4.77. The van der Waals surface area contributed by atoms with Crippen molar-refractivity contribution in [1.29, 1.82) is 0 Å². The average Bonchev–Trinajstić information content (AvgIpc) is 2.52. The van der Waals surface area contributed by atoms with Gasteiger partial charge < -0.3 is 5.32 Å². The molecular formula is C20H31N. The number of likely N-dealkylation sites (N-methyl/N-ethyl adjacent to an activating group) is 1. The second kappa shape index (κ2) is 6.52. The van der Waals surface area contributed by atoms with Crippen LogP contribution >= 0.6 is 0 Å². The Balaban J connectivity index is 1.81. The van der Waals surface area contributed by atoms with Gasteiger partial charge in [-0.1, -0.05) is 44.5 Å². The lowest BCUT2D eigenvalue weighted by molar-refractivity contribution is 0.157. The highest BCUT2D eigenvalue weighted by Gasteiger charge is 2.35. The lowest BCUT2D eigenvalue weighted by atomic mass is 9.67. The van der Waals surface area contributed by atoms with E-state index in [9.17, 15) is 0 Å². The molecular weight excluding hydrogens is 254 g/mol. The zero-order chi connectivity index (χ0) is 14.8. The average molecular weight is 285 g/mol. The van der Waals surface area contributed by atoms with E-state index in [1.54, 1.807) is 11.1 Å². The smallest absolute Gasteiger partial charge is 0.0161 e. The first kappa shape index (κ1) is 15.1. The van der Waals surface area contributed by atoms with Gasteiger partial charge in [-0.15, -0.1) is 0 Å². The minimum atomic E-state index is 0.668. The van der Waals surface area contributed by atoms with Crippen LogP contribution in [0.1, 0.15) is 63.0 Å². The first-order valence-corrected chi connectivity index (χ1v) is 8.95. The lowest BCUT2D eigenvalue weighted by Gasteiger charge is -2.41. The molecule has 3 rings (SSSR count). The minimum absolute atomic E-state index is 0.668. The third-order valence-corrected chi connectivity index (χ3v) is 6.33. The van der Waals surface area contributed by atoms with E-state index in [-0.39, 0.29) is 0 Å². The number of rotatable bonds is 3. The Hall–Kier alpha value is -0.820. The second-order valence-corrected chi connectivity index (χ2v) is 7.54. The van der Waals surface area contributed by atoms with E-state index in [0.717, 1.165) is 23.7 Å². The van der Waals surface area contributed by atoms with Crippen molar-refractivity contribution in [2.45, 2.75) is 64.3 Å². The van der Waals surface area contributed by atoms with E-state index < -0.39 is 0 Å². The van der Waals surface area contributed by atoms with E-state index in [2.05, 4.69) is 50.5 Å². The predicted molar refractivity (Wildman–Crippen MR) is 90.6 cm³/mol. The highest BCUT2D eigenvalue weighted by molar-refractivity contribution is 5.34. The van der Waals surface area contributed by atoms with Crippen molar-refractivity contribution in [2.75, 3.05) is 7.05 Å². The van der Waals surface area contributed by atoms with Crippen molar-refractivity contribution in [3.8, 4) is 0 Å². The molecule has 1 N–H and O–H groups in total. The zero-order valence-electron chi connectivity index (χ0n) is 13.9. The SMILES string of the molecule is CNC(C1CCC(C)C(C)C1)C1CCCc2ccccc21. The van der Waals surface area contributed by atoms with Crippen molar-refractivity contribution < 1.29 is 0 Å². The standard InChI is InChI=1S/C20H31N/c1-14-11-12-17(13-15(14)2)20(21-3)19-10-6-8-16-7-4-5-9-18(16)19/h4-5,7,9,14-15,17,19-21H,6,8,10-13H2,1-3H3. The largest absolute Gasteiger partial charge is 0.316 e. The van der Waals surface area contributed by atoms with Gasteiger partial charge in [0.2, 0.25) is 0 Å². The molecule has 0 aliphatic heterocycles. The van der Waals surface area contributed by atoms with Crippen LogP contribution in [-0.2, 0) is 6.42 Å². The van der Waals surface area contributed by atoms with E-state index >= 15 is 0 Å². The number of aryl methyl sites for hydroxylation is 1. The highest BCUT2D eigenvalue weighted by atomic mass is 14.9. The highest BCUT2D eigenvalue weighted by Crippen LogP contribution is 2.42. The molecule has 2 aliphatic carbocycles. The van der Waals surface area contributed by atoms with E-state index in [1.807, 2.05) is 0 Å². The van der Waals surface area contributed by atoms with Crippen LogP contribution in [0.5, 0.6) is 0 Å². The molecule has 1 heteroatoms. The summed E-state index contributed by atoms with van der Waals surface area (Å²) in [5, 5.41) is 3.72. The number of benzene rings is 1. The summed E-state index contributed by atoms with van der Waals surface area (Å²) < 4.78 is 0. The maximum atomic E-state index is 3.72. The van der Waals surface area contributed by atoms with Crippen molar-refractivity contribution in [3.05, 3.63) is 35.4 Å². The molecule has 0 bridgehead atoms. The molecule has 2 aliphatic rings. The lowest BCUT2D eigenvalue weighted by Crippen LogP contribution is -2.43. The Morgan fingerprint density at radius 2 is 1.86 bits per heavy atom. The Kier molecular flexibility index (Phi) is 4.69. The molecule has 5 unspecified atom stereocenters. The summed E-state index contributed by atoms with van der Waals surface area (Å²) >= 11 is 0. The summed E-state index contributed by atoms with van der Waals surface area (Å²) in [5.74, 6) is 3.39. The third-order valence-electron chi connectivity index (χ3n) is 6.33. The normalized spacial score (nSPS) is 34.2. The van der Waals surface area contributed by atoms with Crippen LogP contribution in [0, 0.1) is 17.8 Å². The summed E-state index contributed by atoms with van der Waals surface area (Å²) in [4.78, 5) is 0. The van der Waals surface area contributed by atoms with Gasteiger partial charge in [0.15, 0.2) is 0 Å². The van der Waals surface area contributed by atoms with Crippen LogP contribution < -0.4 is 5.32 Å². The first-order chi connectivity index (χ1) is 10.2. The van der Waals surface area contributed by atoms with Crippen molar-refractivity contribution in [2.24, 2.45) is 17.8 Å². The first-order valence-electron chi connectivity index (χ1n) is 8.95. The third kappa shape index (κ3) is 3.04. The molecule has 1 aromatic rings. The number of fused-ring (bicyclic) bond motifs is 1. The Bertz CT molecular complexity index is 467. The van der Waals surface area contributed by atoms with Gasteiger partial charge in [0.1, 0.15) is 0 Å². The van der Waals surface area contributed by atoms with Crippen LogP contribution in [-0.4, -0.2) is 13.1 Å². The molecule has 5 atom stereocenters. The molecule has 1 saturated carbocycles. The molecule has 0 saturated heterocycles. The van der Waals surface area contributed by atoms with Gasteiger partial charge in [-0.2, -0.15) is 0 Å². The Morgan fingerprint density at radius 1 is 1.05 bits per heavy atom. The maximum absolute atomic E-state index is 3.72. The van der Waals surface area contributed by atoms with Gasteiger partial charge >= 0.3 is 0 Å². The molecule has 116 valence electrons. The Morgan fingerprint density at radius 3 is 2.62 bits per heavy atom. The van der Waals surface area contributed by atoms with E-state index in [1.165, 1.54) is 38.5 Å². The molecule has 0 radical (unpaired) electrons. The van der Waals surface area contributed by atoms with Crippen LogP contribution in [0.4, 0.5) is 0 Å². The second-order valence-electron chi connectivity index (χ2n) is 7.54. The van der Waals surface area contributed by atoms with E-state index in [0.29, 0.717) is 6.04 Å². The van der Waals surface area contributed by atoms with Gasteiger partial charge in [0.05, 0.1) is 0 Å². The molecule has 1 aromatic carbocycles. The molecule has 0 spiro atoms. The summed E-state index contributed by atoms with van der Waals surface area (Å²) in [7, 11) is 2.19.